The van der Waals surface area contributed by atoms with Crippen molar-refractivity contribution in [1.29, 1.82) is 0 Å². The second kappa shape index (κ2) is 6.45. The summed E-state index contributed by atoms with van der Waals surface area (Å²) < 4.78 is 18.4. The predicted octanol–water partition coefficient (Wildman–Crippen LogP) is -4.11. The Morgan fingerprint density at radius 2 is 1.80 bits per heavy atom. The van der Waals surface area contributed by atoms with E-state index in [0.29, 0.717) is 0 Å². The first-order chi connectivity index (χ1) is 6.31. The Hall–Kier alpha value is 1.52. The van der Waals surface area contributed by atoms with Gasteiger partial charge in [0.1, 0.15) is 18.3 Å². The topological polar surface area (TPSA) is 142 Å². The Bertz CT molecular complexity index is 243. The van der Waals surface area contributed by atoms with Gasteiger partial charge in [-0.2, -0.15) is 0 Å². The molecule has 0 radical (unpaired) electrons. The fraction of sp³-hybridized carbons (Fsp3) is 1.00. The van der Waals surface area contributed by atoms with E-state index in [2.05, 4.69) is 9.26 Å². The van der Waals surface area contributed by atoms with Crippen LogP contribution in [0.25, 0.3) is 0 Å². The summed E-state index contributed by atoms with van der Waals surface area (Å²) in [6.45, 7) is -0.737. The van der Waals surface area contributed by atoms with Crippen LogP contribution in [0.5, 0.6) is 0 Å². The summed E-state index contributed by atoms with van der Waals surface area (Å²) in [6, 6.07) is 0. The molecule has 10 heteroatoms. The molecule has 1 rings (SSSR count). The molecule has 4 atom stereocenters. The summed E-state index contributed by atoms with van der Waals surface area (Å²) in [5.74, 6) is 0. The molecule has 0 spiro atoms. The minimum atomic E-state index is -5.14. The van der Waals surface area contributed by atoms with Crippen molar-refractivity contribution in [2.45, 2.75) is 24.6 Å². The van der Waals surface area contributed by atoms with Gasteiger partial charge >= 0.3 is 48.9 Å². The monoisotopic (exact) mass is 366 g/mol. The molecule has 1 aliphatic heterocycles. The summed E-state index contributed by atoms with van der Waals surface area (Å²) in [5.41, 5.74) is 0. The number of ether oxygens (including phenoxy) is 1. The van der Waals surface area contributed by atoms with Crippen LogP contribution in [0.1, 0.15) is 0 Å². The van der Waals surface area contributed by atoms with Gasteiger partial charge in [-0.15, -0.1) is 0 Å². The van der Waals surface area contributed by atoms with Crippen molar-refractivity contribution in [2.24, 2.45) is 0 Å². The molecule has 0 saturated carbocycles. The van der Waals surface area contributed by atoms with E-state index in [0.717, 1.165) is 0 Å². The Morgan fingerprint density at radius 3 is 2.13 bits per heavy atom. The van der Waals surface area contributed by atoms with Gasteiger partial charge in [0.25, 0.3) is 0 Å². The van der Waals surface area contributed by atoms with Crippen molar-refractivity contribution in [3.8, 4) is 0 Å². The van der Waals surface area contributed by atoms with Crippen molar-refractivity contribution >= 4 is 56.7 Å². The first-order valence-corrected chi connectivity index (χ1v) is 5.13. The van der Waals surface area contributed by atoms with Gasteiger partial charge in [0.2, 0.25) is 0 Å². The number of hydrogen-bond acceptors (Lipinski definition) is 8. The molecule has 8 nitrogen and oxygen atoms in total. The third-order valence-corrected chi connectivity index (χ3v) is 2.20. The summed E-state index contributed by atoms with van der Waals surface area (Å²) in [7, 11) is -5.14. The molecule has 0 amide bonds. The van der Waals surface area contributed by atoms with Gasteiger partial charge in [0.15, 0.2) is 6.29 Å². The first kappa shape index (κ1) is 16.5. The minimum absolute atomic E-state index is 0. The van der Waals surface area contributed by atoms with E-state index in [1.54, 1.807) is 0 Å². The van der Waals surface area contributed by atoms with Gasteiger partial charge in [-0.1, -0.05) is 0 Å². The van der Waals surface area contributed by atoms with Crippen LogP contribution >= 0.6 is 7.82 Å². The zero-order valence-electron chi connectivity index (χ0n) is 7.55. The molecule has 0 bridgehead atoms. The fourth-order valence-electron chi connectivity index (χ4n) is 1.03. The van der Waals surface area contributed by atoms with Crippen LogP contribution in [0.3, 0.4) is 0 Å². The molecule has 1 saturated heterocycles. The normalized spacial score (nSPS) is 36.3. The number of aliphatic hydroxyl groups excluding tert-OH is 3. The van der Waals surface area contributed by atoms with Gasteiger partial charge in [-0.25, -0.2) is 0 Å². The standard InChI is InChI=1S/C5H11O8P.Ba/c6-3-2(1-12-14(9,10)11)13-5(8)4(3)7;/h2-8H,1H2,(H2,9,10,11);/q;+2/p-2/t2-,3-,4-,5+;/m1./s1. The molecular formula is C5H9BaO8P. The Kier molecular flexibility index (Phi) is 7.11. The van der Waals surface area contributed by atoms with Crippen LogP contribution in [0.2, 0.25) is 0 Å². The number of aliphatic hydroxyl groups is 3. The van der Waals surface area contributed by atoms with Gasteiger partial charge < -0.3 is 38.9 Å². The summed E-state index contributed by atoms with van der Waals surface area (Å²) in [6.07, 6.45) is -5.88. The maximum absolute atomic E-state index is 10.0. The molecule has 0 aromatic heterocycles. The number of phosphoric ester groups is 1. The third-order valence-electron chi connectivity index (χ3n) is 1.73. The maximum Gasteiger partial charge on any atom is 2.00 e. The zero-order valence-corrected chi connectivity index (χ0v) is 12.9. The summed E-state index contributed by atoms with van der Waals surface area (Å²) in [5, 5.41) is 26.9. The van der Waals surface area contributed by atoms with Crippen LogP contribution in [0.4, 0.5) is 0 Å². The second-order valence-corrected chi connectivity index (χ2v) is 3.94. The SMILES string of the molecule is O=P([O-])([O-])OC[C@H]1O[C@H](O)[C@H](O)[C@@H]1O.[Ba+2]. The summed E-state index contributed by atoms with van der Waals surface area (Å²) in [4.78, 5) is 20.1. The molecule has 1 aliphatic rings. The number of hydrogen-bond donors (Lipinski definition) is 3. The molecule has 3 N–H and O–H groups in total. The fourth-order valence-corrected chi connectivity index (χ4v) is 1.36. The van der Waals surface area contributed by atoms with Gasteiger partial charge in [0.05, 0.1) is 14.4 Å². The van der Waals surface area contributed by atoms with Crippen LogP contribution in [-0.4, -0.2) is 95.4 Å². The molecule has 0 aromatic rings. The van der Waals surface area contributed by atoms with Crippen LogP contribution in [0.15, 0.2) is 0 Å². The van der Waals surface area contributed by atoms with Crippen LogP contribution in [-0.2, 0) is 13.8 Å². The molecule has 0 aliphatic carbocycles. The van der Waals surface area contributed by atoms with E-state index in [1.165, 1.54) is 0 Å². The largest absolute Gasteiger partial charge is 2.00 e. The molecule has 1 heterocycles. The average molecular weight is 365 g/mol. The van der Waals surface area contributed by atoms with E-state index in [1.807, 2.05) is 0 Å². The number of rotatable bonds is 3. The molecule has 0 unspecified atom stereocenters. The van der Waals surface area contributed by atoms with Crippen molar-refractivity contribution in [3.63, 3.8) is 0 Å². The summed E-state index contributed by atoms with van der Waals surface area (Å²) >= 11 is 0. The van der Waals surface area contributed by atoms with Gasteiger partial charge in [-0.3, -0.25) is 0 Å². The van der Waals surface area contributed by atoms with Crippen molar-refractivity contribution in [1.82, 2.24) is 0 Å². The Morgan fingerprint density at radius 1 is 1.27 bits per heavy atom. The molecular weight excluding hydrogens is 356 g/mol. The molecule has 0 aromatic carbocycles. The van der Waals surface area contributed by atoms with Crippen LogP contribution < -0.4 is 9.79 Å². The van der Waals surface area contributed by atoms with E-state index in [-0.39, 0.29) is 48.9 Å². The quantitative estimate of drug-likeness (QED) is 0.338. The second-order valence-electron chi connectivity index (χ2n) is 2.79. The molecule has 84 valence electrons. The minimum Gasteiger partial charge on any atom is -0.790 e. The van der Waals surface area contributed by atoms with E-state index >= 15 is 0 Å². The van der Waals surface area contributed by atoms with E-state index < -0.39 is 39.0 Å². The molecule has 15 heavy (non-hydrogen) atoms. The van der Waals surface area contributed by atoms with Crippen molar-refractivity contribution in [3.05, 3.63) is 0 Å². The maximum atomic E-state index is 10.0. The van der Waals surface area contributed by atoms with Gasteiger partial charge in [-0.05, 0) is 0 Å². The number of phosphoric acid groups is 1. The van der Waals surface area contributed by atoms with Gasteiger partial charge in [0, 0.05) is 0 Å². The first-order valence-electron chi connectivity index (χ1n) is 3.67. The van der Waals surface area contributed by atoms with E-state index in [9.17, 15) is 14.4 Å². The predicted molar refractivity (Wildman–Crippen MR) is 42.2 cm³/mol. The average Bonchev–Trinajstić information content (AvgIpc) is 2.28. The van der Waals surface area contributed by atoms with E-state index in [4.69, 9.17) is 15.3 Å². The Labute approximate surface area is 126 Å². The van der Waals surface area contributed by atoms with Crippen molar-refractivity contribution in [2.75, 3.05) is 6.61 Å². The molecule has 1 fully saturated rings. The van der Waals surface area contributed by atoms with Crippen molar-refractivity contribution < 1.29 is 38.9 Å². The third kappa shape index (κ3) is 5.13. The smallest absolute Gasteiger partial charge is 0.790 e. The zero-order chi connectivity index (χ0) is 10.9. The van der Waals surface area contributed by atoms with Crippen LogP contribution in [0, 0.1) is 0 Å². The Balaban J connectivity index is 0.00000196.